The van der Waals surface area contributed by atoms with Gasteiger partial charge in [0.15, 0.2) is 0 Å². The summed E-state index contributed by atoms with van der Waals surface area (Å²) in [5.41, 5.74) is 0.694. The highest BCUT2D eigenvalue weighted by Gasteiger charge is 2.26. The SMILES string of the molecule is CCNC(=O)[C@@H](C)N(Cc1ccc(F)cc1)C(=O)CCCN(C)S(=O)(=O)c1ccccc1. The molecule has 0 radical (unpaired) electrons. The zero-order chi connectivity index (χ0) is 23.7. The number of sulfonamides is 1. The van der Waals surface area contributed by atoms with Crippen molar-refractivity contribution in [2.75, 3.05) is 20.1 Å². The number of carbonyl (C=O) groups is 2. The first kappa shape index (κ1) is 25.5. The summed E-state index contributed by atoms with van der Waals surface area (Å²) in [6.45, 7) is 4.17. The summed E-state index contributed by atoms with van der Waals surface area (Å²) in [5.74, 6) is -0.948. The summed E-state index contributed by atoms with van der Waals surface area (Å²) in [4.78, 5) is 26.9. The van der Waals surface area contributed by atoms with Gasteiger partial charge < -0.3 is 10.2 Å². The molecule has 1 atom stereocenters. The van der Waals surface area contributed by atoms with Crippen LogP contribution in [-0.2, 0) is 26.2 Å². The topological polar surface area (TPSA) is 86.8 Å². The van der Waals surface area contributed by atoms with E-state index in [1.165, 1.54) is 40.5 Å². The Morgan fingerprint density at radius 1 is 1.06 bits per heavy atom. The van der Waals surface area contributed by atoms with Crippen molar-refractivity contribution in [2.45, 2.75) is 44.2 Å². The van der Waals surface area contributed by atoms with Gasteiger partial charge in [-0.05, 0) is 50.1 Å². The minimum Gasteiger partial charge on any atom is -0.355 e. The molecule has 0 aliphatic rings. The highest BCUT2D eigenvalue weighted by atomic mass is 32.2. The van der Waals surface area contributed by atoms with Crippen molar-refractivity contribution < 1.29 is 22.4 Å². The van der Waals surface area contributed by atoms with Gasteiger partial charge >= 0.3 is 0 Å². The molecule has 0 aromatic heterocycles. The maximum Gasteiger partial charge on any atom is 0.242 e. The van der Waals surface area contributed by atoms with Crippen molar-refractivity contribution in [3.8, 4) is 0 Å². The molecule has 9 heteroatoms. The summed E-state index contributed by atoms with van der Waals surface area (Å²) in [6, 6.07) is 13.1. The van der Waals surface area contributed by atoms with E-state index >= 15 is 0 Å². The van der Waals surface area contributed by atoms with Crippen LogP contribution in [0.1, 0.15) is 32.3 Å². The second-order valence-electron chi connectivity index (χ2n) is 7.46. The van der Waals surface area contributed by atoms with Crippen LogP contribution in [0.5, 0.6) is 0 Å². The van der Waals surface area contributed by atoms with E-state index in [2.05, 4.69) is 5.32 Å². The maximum atomic E-state index is 13.2. The van der Waals surface area contributed by atoms with Crippen LogP contribution in [0.2, 0.25) is 0 Å². The van der Waals surface area contributed by atoms with Crippen LogP contribution in [0.4, 0.5) is 4.39 Å². The van der Waals surface area contributed by atoms with E-state index in [1.54, 1.807) is 44.2 Å². The van der Waals surface area contributed by atoms with Gasteiger partial charge in [-0.25, -0.2) is 17.1 Å². The van der Waals surface area contributed by atoms with Gasteiger partial charge in [0.25, 0.3) is 0 Å². The Kier molecular flexibility index (Phi) is 9.34. The fraction of sp³-hybridized carbons (Fsp3) is 0.391. The van der Waals surface area contributed by atoms with E-state index in [0.717, 1.165) is 0 Å². The molecule has 1 N–H and O–H groups in total. The maximum absolute atomic E-state index is 13.2. The van der Waals surface area contributed by atoms with E-state index in [4.69, 9.17) is 0 Å². The van der Waals surface area contributed by atoms with E-state index in [9.17, 15) is 22.4 Å². The second-order valence-corrected chi connectivity index (χ2v) is 9.51. The minimum atomic E-state index is -3.64. The zero-order valence-corrected chi connectivity index (χ0v) is 19.4. The molecule has 0 bridgehead atoms. The van der Waals surface area contributed by atoms with Crippen molar-refractivity contribution in [2.24, 2.45) is 0 Å². The summed E-state index contributed by atoms with van der Waals surface area (Å²) in [7, 11) is -2.17. The van der Waals surface area contributed by atoms with Crippen molar-refractivity contribution in [3.05, 3.63) is 66.0 Å². The molecule has 0 aliphatic carbocycles. The van der Waals surface area contributed by atoms with Crippen LogP contribution in [0.3, 0.4) is 0 Å². The minimum absolute atomic E-state index is 0.0690. The fourth-order valence-electron chi connectivity index (χ4n) is 3.18. The smallest absolute Gasteiger partial charge is 0.242 e. The van der Waals surface area contributed by atoms with Gasteiger partial charge in [0.2, 0.25) is 21.8 Å². The van der Waals surface area contributed by atoms with E-state index in [0.29, 0.717) is 18.5 Å². The molecule has 2 aromatic carbocycles. The van der Waals surface area contributed by atoms with Crippen molar-refractivity contribution in [1.82, 2.24) is 14.5 Å². The summed E-state index contributed by atoms with van der Waals surface area (Å²) < 4.78 is 39.7. The molecular weight excluding hydrogens is 433 g/mol. The van der Waals surface area contributed by atoms with Crippen LogP contribution in [-0.4, -0.2) is 55.6 Å². The van der Waals surface area contributed by atoms with Crippen LogP contribution in [0.15, 0.2) is 59.5 Å². The molecule has 0 fully saturated rings. The first-order chi connectivity index (χ1) is 15.2. The third-order valence-corrected chi connectivity index (χ3v) is 6.97. The van der Waals surface area contributed by atoms with Crippen LogP contribution < -0.4 is 5.32 Å². The molecule has 0 aliphatic heterocycles. The number of nitrogens with one attached hydrogen (secondary N) is 1. The van der Waals surface area contributed by atoms with E-state index in [-0.39, 0.29) is 42.0 Å². The highest BCUT2D eigenvalue weighted by Crippen LogP contribution is 2.16. The first-order valence-corrected chi connectivity index (χ1v) is 11.9. The van der Waals surface area contributed by atoms with Gasteiger partial charge in [-0.3, -0.25) is 9.59 Å². The van der Waals surface area contributed by atoms with Gasteiger partial charge in [-0.15, -0.1) is 0 Å². The number of nitrogens with zero attached hydrogens (tertiary/aromatic N) is 2. The second kappa shape index (κ2) is 11.7. The molecule has 2 rings (SSSR count). The van der Waals surface area contributed by atoms with Gasteiger partial charge in [0.05, 0.1) is 4.90 Å². The van der Waals surface area contributed by atoms with Crippen LogP contribution >= 0.6 is 0 Å². The van der Waals surface area contributed by atoms with Gasteiger partial charge in [-0.1, -0.05) is 30.3 Å². The molecule has 0 heterocycles. The predicted octanol–water partition coefficient (Wildman–Crippen LogP) is 2.78. The molecule has 32 heavy (non-hydrogen) atoms. The standard InChI is InChI=1S/C23H30FN3O4S/c1-4-25-23(29)18(2)27(17-19-12-14-20(24)15-13-19)22(28)11-8-16-26(3)32(30,31)21-9-6-5-7-10-21/h5-7,9-10,12-15,18H,4,8,11,16-17H2,1-3H3,(H,25,29)/t18-/m1/s1. The number of hydrogen-bond donors (Lipinski definition) is 1. The normalized spacial score (nSPS) is 12.4. The van der Waals surface area contributed by atoms with Gasteiger partial charge in [-0.2, -0.15) is 0 Å². The number of rotatable bonds is 11. The van der Waals surface area contributed by atoms with Gasteiger partial charge in [0.1, 0.15) is 11.9 Å². The number of likely N-dealkylation sites (N-methyl/N-ethyl adjacent to an activating group) is 1. The zero-order valence-electron chi connectivity index (χ0n) is 18.6. The molecule has 0 saturated carbocycles. The number of carbonyl (C=O) groups excluding carboxylic acids is 2. The third-order valence-electron chi connectivity index (χ3n) is 5.10. The van der Waals surface area contributed by atoms with E-state index < -0.39 is 16.1 Å². The Balaban J connectivity index is 2.05. The Morgan fingerprint density at radius 3 is 2.28 bits per heavy atom. The fourth-order valence-corrected chi connectivity index (χ4v) is 4.41. The molecule has 2 aromatic rings. The Labute approximate surface area is 189 Å². The Morgan fingerprint density at radius 2 is 1.69 bits per heavy atom. The molecular formula is C23H30FN3O4S. The average molecular weight is 464 g/mol. The van der Waals surface area contributed by atoms with Crippen molar-refractivity contribution >= 4 is 21.8 Å². The molecule has 174 valence electrons. The molecule has 0 spiro atoms. The molecule has 0 saturated heterocycles. The number of amides is 2. The summed E-state index contributed by atoms with van der Waals surface area (Å²) in [6.07, 6.45) is 0.364. The largest absolute Gasteiger partial charge is 0.355 e. The summed E-state index contributed by atoms with van der Waals surface area (Å²) >= 11 is 0. The van der Waals surface area contributed by atoms with Crippen molar-refractivity contribution in [3.63, 3.8) is 0 Å². The van der Waals surface area contributed by atoms with Crippen molar-refractivity contribution in [1.29, 1.82) is 0 Å². The average Bonchev–Trinajstić information content (AvgIpc) is 2.78. The third kappa shape index (κ3) is 6.86. The molecule has 0 unspecified atom stereocenters. The molecule has 7 nitrogen and oxygen atoms in total. The number of benzene rings is 2. The Hall–Kier alpha value is -2.78. The lowest BCUT2D eigenvalue weighted by Gasteiger charge is -2.29. The van der Waals surface area contributed by atoms with Crippen LogP contribution in [0.25, 0.3) is 0 Å². The van der Waals surface area contributed by atoms with Gasteiger partial charge in [0, 0.05) is 33.1 Å². The quantitative estimate of drug-likeness (QED) is 0.555. The highest BCUT2D eigenvalue weighted by molar-refractivity contribution is 7.89. The number of halogens is 1. The van der Waals surface area contributed by atoms with E-state index in [1.807, 2.05) is 0 Å². The lowest BCUT2D eigenvalue weighted by Crippen LogP contribution is -2.47. The lowest BCUT2D eigenvalue weighted by atomic mass is 10.1. The Bertz CT molecular complexity index is 998. The lowest BCUT2D eigenvalue weighted by molar-refractivity contribution is -0.140. The number of hydrogen-bond acceptors (Lipinski definition) is 4. The monoisotopic (exact) mass is 463 g/mol. The molecule has 2 amide bonds. The predicted molar refractivity (Wildman–Crippen MR) is 121 cm³/mol. The first-order valence-electron chi connectivity index (χ1n) is 10.5. The van der Waals surface area contributed by atoms with Crippen LogP contribution in [0, 0.1) is 5.82 Å². The summed E-state index contributed by atoms with van der Waals surface area (Å²) in [5, 5.41) is 2.71.